The number of nitrogens with one attached hydrogen (secondary N) is 1. The van der Waals surface area contributed by atoms with Crippen LogP contribution in [0.4, 0.5) is 15.3 Å². The van der Waals surface area contributed by atoms with E-state index in [1.165, 1.54) is 17.3 Å². The summed E-state index contributed by atoms with van der Waals surface area (Å²) in [6.07, 6.45) is 9.69. The molecule has 0 radical (unpaired) electrons. The van der Waals surface area contributed by atoms with Crippen molar-refractivity contribution in [2.45, 2.75) is 90.2 Å². The molecule has 0 saturated carbocycles. The number of benzene rings is 1. The number of carbonyl (C=O) groups is 2. The predicted octanol–water partition coefficient (Wildman–Crippen LogP) is 4.33. The van der Waals surface area contributed by atoms with E-state index in [4.69, 9.17) is 4.74 Å². The van der Waals surface area contributed by atoms with E-state index < -0.39 is 34.2 Å². The number of fused-ring (bicyclic) bond motifs is 2. The summed E-state index contributed by atoms with van der Waals surface area (Å²) in [7, 11) is -3.21. The highest BCUT2D eigenvalue weighted by atomic mass is 32.2. The molecule has 0 aromatic heterocycles. The quantitative estimate of drug-likeness (QED) is 0.614. The molecule has 1 N–H and O–H groups in total. The van der Waals surface area contributed by atoms with Gasteiger partial charge < -0.3 is 10.1 Å². The summed E-state index contributed by atoms with van der Waals surface area (Å²) in [4.78, 5) is 27.4. The molecule has 1 aromatic rings. The fourth-order valence-electron chi connectivity index (χ4n) is 5.33. The van der Waals surface area contributed by atoms with Crippen molar-refractivity contribution in [3.8, 4) is 0 Å². The number of nitrogens with zero attached hydrogens (tertiary/aromatic N) is 2. The lowest BCUT2D eigenvalue weighted by molar-refractivity contribution is 0.0168. The SMILES string of the molecule is CC(C)(C)OC(=O)N1CCC[C@]1(C)/C=C/N(C(=O)Nc1c2c(cc3c1CCC3)CCC2)[SH](=O)=O. The monoisotopic (exact) mass is 489 g/mol. The topological polar surface area (TPSA) is 96.0 Å². The Kier molecular flexibility index (Phi) is 6.68. The maximum atomic E-state index is 13.1. The van der Waals surface area contributed by atoms with E-state index in [2.05, 4.69) is 11.4 Å². The normalized spacial score (nSPS) is 21.7. The molecular weight excluding hydrogens is 454 g/mol. The minimum atomic E-state index is -3.21. The van der Waals surface area contributed by atoms with E-state index in [1.807, 2.05) is 6.92 Å². The van der Waals surface area contributed by atoms with Crippen LogP contribution in [0.2, 0.25) is 0 Å². The van der Waals surface area contributed by atoms with Crippen LogP contribution in [0.15, 0.2) is 18.3 Å². The lowest BCUT2D eigenvalue weighted by Gasteiger charge is -2.34. The molecule has 34 heavy (non-hydrogen) atoms. The van der Waals surface area contributed by atoms with Crippen molar-refractivity contribution in [3.63, 3.8) is 0 Å². The van der Waals surface area contributed by atoms with Crippen molar-refractivity contribution in [2.24, 2.45) is 0 Å². The van der Waals surface area contributed by atoms with Crippen molar-refractivity contribution in [2.75, 3.05) is 11.9 Å². The van der Waals surface area contributed by atoms with Gasteiger partial charge in [-0.3, -0.25) is 4.90 Å². The summed E-state index contributed by atoms with van der Waals surface area (Å²) in [5, 5.41) is 2.92. The number of hydrogen-bond acceptors (Lipinski definition) is 5. The molecule has 1 fully saturated rings. The van der Waals surface area contributed by atoms with Crippen LogP contribution in [0, 0.1) is 0 Å². The Labute approximate surface area is 203 Å². The number of amides is 3. The molecule has 3 amide bonds. The Balaban J connectivity index is 1.56. The summed E-state index contributed by atoms with van der Waals surface area (Å²) in [6.45, 7) is 7.78. The van der Waals surface area contributed by atoms with Crippen molar-refractivity contribution in [1.29, 1.82) is 0 Å². The van der Waals surface area contributed by atoms with Crippen LogP contribution in [0.25, 0.3) is 0 Å². The Hall–Kier alpha value is -2.55. The number of anilines is 1. The molecule has 0 spiro atoms. The van der Waals surface area contributed by atoms with Gasteiger partial charge in [-0.15, -0.1) is 0 Å². The van der Waals surface area contributed by atoms with E-state index in [-0.39, 0.29) is 0 Å². The summed E-state index contributed by atoms with van der Waals surface area (Å²) >= 11 is 0. The fourth-order valence-corrected chi connectivity index (χ4v) is 5.71. The molecule has 1 heterocycles. The third-order valence-electron chi connectivity index (χ3n) is 6.96. The molecule has 8 nitrogen and oxygen atoms in total. The van der Waals surface area contributed by atoms with Crippen molar-refractivity contribution in [1.82, 2.24) is 9.21 Å². The molecule has 4 rings (SSSR count). The number of ether oxygens (including phenoxy) is 1. The van der Waals surface area contributed by atoms with Crippen molar-refractivity contribution >= 4 is 28.7 Å². The van der Waals surface area contributed by atoms with Crippen LogP contribution >= 0.6 is 0 Å². The number of likely N-dealkylation sites (tertiary alicyclic amines) is 1. The standard InChI is InChI=1S/C25H35N3O5S/c1-24(2,3)33-23(30)27-14-7-12-25(27,4)13-15-28(34(31)32)22(29)26-21-19-10-5-8-17(19)16-18-9-6-11-20(18)21/h13,15-16,34H,5-12,14H2,1-4H3,(H,26,29)/b15-13+/t25-/m1/s1. The third-order valence-corrected chi connectivity index (χ3v) is 7.63. The Bertz CT molecular complexity index is 1060. The lowest BCUT2D eigenvalue weighted by atomic mass is 9.99. The molecule has 1 saturated heterocycles. The van der Waals surface area contributed by atoms with Crippen molar-refractivity contribution in [3.05, 3.63) is 40.6 Å². The number of aryl methyl sites for hydroxylation is 2. The Morgan fingerprint density at radius 1 is 1.09 bits per heavy atom. The number of carbonyl (C=O) groups excluding carboxylic acids is 2. The van der Waals surface area contributed by atoms with Gasteiger partial charge in [-0.2, -0.15) is 4.31 Å². The van der Waals surface area contributed by atoms with Gasteiger partial charge in [0.1, 0.15) is 5.60 Å². The third kappa shape index (κ3) is 4.94. The largest absolute Gasteiger partial charge is 0.444 e. The Morgan fingerprint density at radius 2 is 1.71 bits per heavy atom. The highest BCUT2D eigenvalue weighted by Gasteiger charge is 2.40. The molecule has 186 valence electrons. The van der Waals surface area contributed by atoms with Crippen LogP contribution in [0.5, 0.6) is 0 Å². The maximum absolute atomic E-state index is 13.1. The van der Waals surface area contributed by atoms with Crippen molar-refractivity contribution < 1.29 is 22.7 Å². The zero-order valence-electron chi connectivity index (χ0n) is 20.5. The van der Waals surface area contributed by atoms with Gasteiger partial charge in [0.2, 0.25) is 10.9 Å². The minimum Gasteiger partial charge on any atom is -0.444 e. The number of rotatable bonds is 4. The highest BCUT2D eigenvalue weighted by Crippen LogP contribution is 2.39. The van der Waals surface area contributed by atoms with Crippen LogP contribution in [0.1, 0.15) is 75.6 Å². The van der Waals surface area contributed by atoms with E-state index >= 15 is 0 Å². The average Bonchev–Trinajstić information content (AvgIpc) is 3.45. The molecule has 0 bridgehead atoms. The molecule has 1 atom stereocenters. The van der Waals surface area contributed by atoms with Gasteiger partial charge in [-0.05, 0) is 107 Å². The smallest absolute Gasteiger partial charge is 0.410 e. The molecule has 0 unspecified atom stereocenters. The fraction of sp³-hybridized carbons (Fsp3) is 0.600. The first kappa shape index (κ1) is 24.6. The van der Waals surface area contributed by atoms with Gasteiger partial charge in [0, 0.05) is 18.4 Å². The summed E-state index contributed by atoms with van der Waals surface area (Å²) in [5.74, 6) is 0. The number of hydrogen-bond donors (Lipinski definition) is 2. The zero-order valence-corrected chi connectivity index (χ0v) is 21.4. The number of urea groups is 1. The second-order valence-electron chi connectivity index (χ2n) is 10.7. The molecular formula is C25H35N3O5S. The van der Waals surface area contributed by atoms with E-state index in [0.717, 1.165) is 61.8 Å². The maximum Gasteiger partial charge on any atom is 0.410 e. The average molecular weight is 490 g/mol. The van der Waals surface area contributed by atoms with Crippen LogP contribution in [-0.2, 0) is 41.3 Å². The molecule has 1 aromatic carbocycles. The first-order chi connectivity index (χ1) is 16.0. The second kappa shape index (κ2) is 9.24. The predicted molar refractivity (Wildman–Crippen MR) is 131 cm³/mol. The molecule has 1 aliphatic heterocycles. The molecule has 2 aliphatic carbocycles. The van der Waals surface area contributed by atoms with Gasteiger partial charge in [0.05, 0.1) is 5.54 Å². The molecule has 3 aliphatic rings. The zero-order chi connectivity index (χ0) is 24.7. The minimum absolute atomic E-state index is 0.449. The van der Waals surface area contributed by atoms with E-state index in [0.29, 0.717) is 17.3 Å². The summed E-state index contributed by atoms with van der Waals surface area (Å²) in [6, 6.07) is 1.56. The Morgan fingerprint density at radius 3 is 2.26 bits per heavy atom. The van der Waals surface area contributed by atoms with Gasteiger partial charge in [0.15, 0.2) is 0 Å². The van der Waals surface area contributed by atoms with Gasteiger partial charge in [-0.25, -0.2) is 18.0 Å². The van der Waals surface area contributed by atoms with Gasteiger partial charge in [-0.1, -0.05) is 6.07 Å². The lowest BCUT2D eigenvalue weighted by Crippen LogP contribution is -2.46. The summed E-state index contributed by atoms with van der Waals surface area (Å²) in [5.41, 5.74) is 4.21. The second-order valence-corrected chi connectivity index (χ2v) is 11.6. The van der Waals surface area contributed by atoms with Gasteiger partial charge >= 0.3 is 12.1 Å². The number of thiol groups is 1. The first-order valence-corrected chi connectivity index (χ1v) is 13.2. The van der Waals surface area contributed by atoms with Crippen LogP contribution < -0.4 is 5.32 Å². The van der Waals surface area contributed by atoms with Gasteiger partial charge in [0.25, 0.3) is 0 Å². The van der Waals surface area contributed by atoms with E-state index in [9.17, 15) is 18.0 Å². The summed E-state index contributed by atoms with van der Waals surface area (Å²) < 4.78 is 30.3. The first-order valence-electron chi connectivity index (χ1n) is 12.1. The molecule has 9 heteroatoms. The van der Waals surface area contributed by atoms with E-state index in [1.54, 1.807) is 31.7 Å². The highest BCUT2D eigenvalue weighted by molar-refractivity contribution is 7.70. The van der Waals surface area contributed by atoms with Crippen LogP contribution in [0.3, 0.4) is 0 Å². The van der Waals surface area contributed by atoms with Crippen LogP contribution in [-0.4, -0.2) is 47.4 Å².